The van der Waals surface area contributed by atoms with E-state index in [1.165, 1.54) is 6.42 Å². The molecule has 1 aromatic rings. The lowest BCUT2D eigenvalue weighted by molar-refractivity contribution is 0.0601. The van der Waals surface area contributed by atoms with Crippen LogP contribution in [0.25, 0.3) is 0 Å². The van der Waals surface area contributed by atoms with Crippen molar-refractivity contribution >= 4 is 11.7 Å². The second-order valence-electron chi connectivity index (χ2n) is 7.01. The number of aromatic nitrogens is 2. The first-order valence-corrected chi connectivity index (χ1v) is 9.18. The van der Waals surface area contributed by atoms with Crippen LogP contribution in [-0.4, -0.2) is 71.5 Å². The van der Waals surface area contributed by atoms with Crippen molar-refractivity contribution in [2.75, 3.05) is 44.7 Å². The lowest BCUT2D eigenvalue weighted by Gasteiger charge is -2.35. The van der Waals surface area contributed by atoms with Crippen LogP contribution in [-0.2, 0) is 0 Å². The Labute approximate surface area is 144 Å². The molecule has 0 N–H and O–H groups in total. The fourth-order valence-electron chi connectivity index (χ4n) is 3.70. The summed E-state index contributed by atoms with van der Waals surface area (Å²) in [5, 5.41) is 0. The number of nitrogens with zero attached hydrogens (tertiary/aromatic N) is 5. The maximum atomic E-state index is 13.0. The van der Waals surface area contributed by atoms with Gasteiger partial charge in [-0.15, -0.1) is 0 Å². The summed E-state index contributed by atoms with van der Waals surface area (Å²) in [6.45, 7) is 8.84. The predicted molar refractivity (Wildman–Crippen MR) is 95.4 cm³/mol. The predicted octanol–water partition coefficient (Wildman–Crippen LogP) is 1.94. The second-order valence-corrected chi connectivity index (χ2v) is 7.01. The van der Waals surface area contributed by atoms with E-state index in [0.717, 1.165) is 57.8 Å². The highest BCUT2D eigenvalue weighted by Gasteiger charge is 2.28. The molecule has 1 aromatic heterocycles. The van der Waals surface area contributed by atoms with Gasteiger partial charge in [-0.05, 0) is 39.7 Å². The Kier molecular flexibility index (Phi) is 5.33. The summed E-state index contributed by atoms with van der Waals surface area (Å²) in [5.41, 5.74) is 0.553. The van der Waals surface area contributed by atoms with Crippen LogP contribution >= 0.6 is 0 Å². The van der Waals surface area contributed by atoms with Crippen LogP contribution in [0.15, 0.2) is 6.07 Å². The number of aryl methyl sites for hydroxylation is 1. The summed E-state index contributed by atoms with van der Waals surface area (Å²) in [7, 11) is 2.14. The molecule has 24 heavy (non-hydrogen) atoms. The number of hydrogen-bond donors (Lipinski definition) is 0. The van der Waals surface area contributed by atoms with Gasteiger partial charge in [-0.25, -0.2) is 9.97 Å². The summed E-state index contributed by atoms with van der Waals surface area (Å²) in [5.74, 6) is 1.64. The molecule has 0 saturated carbocycles. The maximum absolute atomic E-state index is 13.0. The van der Waals surface area contributed by atoms with E-state index in [4.69, 9.17) is 0 Å². The van der Waals surface area contributed by atoms with Gasteiger partial charge in [-0.3, -0.25) is 4.79 Å². The highest BCUT2D eigenvalue weighted by Crippen LogP contribution is 2.23. The highest BCUT2D eigenvalue weighted by atomic mass is 16.2. The molecule has 1 amide bonds. The van der Waals surface area contributed by atoms with E-state index in [1.54, 1.807) is 0 Å². The Morgan fingerprint density at radius 3 is 2.62 bits per heavy atom. The average Bonchev–Trinajstić information content (AvgIpc) is 2.61. The molecule has 0 aromatic carbocycles. The molecular weight excluding hydrogens is 302 g/mol. The Balaban J connectivity index is 1.81. The second kappa shape index (κ2) is 7.47. The van der Waals surface area contributed by atoms with E-state index in [9.17, 15) is 4.79 Å². The van der Waals surface area contributed by atoms with Crippen molar-refractivity contribution in [3.63, 3.8) is 0 Å². The first kappa shape index (κ1) is 17.1. The zero-order valence-corrected chi connectivity index (χ0v) is 15.2. The minimum Gasteiger partial charge on any atom is -0.354 e. The van der Waals surface area contributed by atoms with Crippen LogP contribution in [0.4, 0.5) is 5.82 Å². The number of amides is 1. The third kappa shape index (κ3) is 3.69. The Morgan fingerprint density at radius 1 is 1.17 bits per heavy atom. The Bertz CT molecular complexity index is 583. The van der Waals surface area contributed by atoms with Crippen molar-refractivity contribution in [2.45, 2.75) is 45.6 Å². The molecule has 3 rings (SSSR count). The third-order valence-electron chi connectivity index (χ3n) is 5.23. The van der Waals surface area contributed by atoms with Gasteiger partial charge in [0.1, 0.15) is 17.3 Å². The van der Waals surface area contributed by atoms with Gasteiger partial charge in [-0.2, -0.15) is 0 Å². The molecule has 0 radical (unpaired) electrons. The zero-order valence-electron chi connectivity index (χ0n) is 15.2. The molecule has 0 aliphatic carbocycles. The molecule has 2 fully saturated rings. The van der Waals surface area contributed by atoms with Crippen molar-refractivity contribution < 1.29 is 4.79 Å². The minimum atomic E-state index is 0.0717. The van der Waals surface area contributed by atoms with Gasteiger partial charge in [0.25, 0.3) is 5.91 Å². The average molecular weight is 331 g/mol. The van der Waals surface area contributed by atoms with E-state index in [1.807, 2.05) is 17.9 Å². The van der Waals surface area contributed by atoms with Crippen molar-refractivity contribution in [3.8, 4) is 0 Å². The molecule has 132 valence electrons. The van der Waals surface area contributed by atoms with Gasteiger partial charge in [0.05, 0.1) is 0 Å². The summed E-state index contributed by atoms with van der Waals surface area (Å²) in [4.78, 5) is 28.6. The smallest absolute Gasteiger partial charge is 0.272 e. The lowest BCUT2D eigenvalue weighted by atomic mass is 9.99. The first-order valence-electron chi connectivity index (χ1n) is 9.18. The number of hydrogen-bond acceptors (Lipinski definition) is 5. The van der Waals surface area contributed by atoms with E-state index in [-0.39, 0.29) is 5.91 Å². The van der Waals surface area contributed by atoms with E-state index in [2.05, 4.69) is 33.7 Å². The number of carbonyl (C=O) groups excluding carboxylic acids is 1. The number of piperazine rings is 1. The number of likely N-dealkylation sites (tertiary alicyclic amines) is 1. The lowest BCUT2D eigenvalue weighted by Crippen LogP contribution is -2.45. The standard InChI is InChI=1S/C18H29N5O/c1-4-15-7-5-6-8-23(15)18(24)16-13-17(20-14(2)19-16)22-11-9-21(3)10-12-22/h13,15H,4-12H2,1-3H3. The quantitative estimate of drug-likeness (QED) is 0.847. The third-order valence-corrected chi connectivity index (χ3v) is 5.23. The van der Waals surface area contributed by atoms with Crippen LogP contribution in [0.5, 0.6) is 0 Å². The fraction of sp³-hybridized carbons (Fsp3) is 0.722. The van der Waals surface area contributed by atoms with Crippen molar-refractivity contribution in [2.24, 2.45) is 0 Å². The molecular formula is C18H29N5O. The SMILES string of the molecule is CCC1CCCCN1C(=O)c1cc(N2CCN(C)CC2)nc(C)n1. The summed E-state index contributed by atoms with van der Waals surface area (Å²) in [6, 6.07) is 2.25. The van der Waals surface area contributed by atoms with Crippen LogP contribution in [0.1, 0.15) is 48.9 Å². The highest BCUT2D eigenvalue weighted by molar-refractivity contribution is 5.93. The molecule has 2 aliphatic rings. The molecule has 6 nitrogen and oxygen atoms in total. The van der Waals surface area contributed by atoms with Gasteiger partial charge < -0.3 is 14.7 Å². The zero-order chi connectivity index (χ0) is 17.1. The fourth-order valence-corrected chi connectivity index (χ4v) is 3.70. The Hall–Kier alpha value is -1.69. The summed E-state index contributed by atoms with van der Waals surface area (Å²) in [6.07, 6.45) is 4.44. The minimum absolute atomic E-state index is 0.0717. The number of anilines is 1. The van der Waals surface area contributed by atoms with Crippen LogP contribution in [0.3, 0.4) is 0 Å². The van der Waals surface area contributed by atoms with Crippen LogP contribution in [0.2, 0.25) is 0 Å². The van der Waals surface area contributed by atoms with Gasteiger partial charge in [0, 0.05) is 44.8 Å². The van der Waals surface area contributed by atoms with Gasteiger partial charge in [0.15, 0.2) is 0 Å². The first-order chi connectivity index (χ1) is 11.6. The van der Waals surface area contributed by atoms with Gasteiger partial charge >= 0.3 is 0 Å². The molecule has 3 heterocycles. The van der Waals surface area contributed by atoms with E-state index < -0.39 is 0 Å². The maximum Gasteiger partial charge on any atom is 0.272 e. The largest absolute Gasteiger partial charge is 0.354 e. The molecule has 1 unspecified atom stereocenters. The topological polar surface area (TPSA) is 52.6 Å². The number of carbonyl (C=O) groups is 1. The normalized spacial score (nSPS) is 22.7. The number of piperidine rings is 1. The molecule has 6 heteroatoms. The van der Waals surface area contributed by atoms with Gasteiger partial charge in [-0.1, -0.05) is 6.92 Å². The van der Waals surface area contributed by atoms with Crippen LogP contribution < -0.4 is 4.90 Å². The molecule has 0 bridgehead atoms. The molecule has 1 atom stereocenters. The molecule has 2 aliphatic heterocycles. The van der Waals surface area contributed by atoms with Gasteiger partial charge in [0.2, 0.25) is 0 Å². The monoisotopic (exact) mass is 331 g/mol. The van der Waals surface area contributed by atoms with E-state index >= 15 is 0 Å². The summed E-state index contributed by atoms with van der Waals surface area (Å²) >= 11 is 0. The number of rotatable bonds is 3. The van der Waals surface area contributed by atoms with Crippen molar-refractivity contribution in [1.82, 2.24) is 19.8 Å². The van der Waals surface area contributed by atoms with Crippen LogP contribution in [0, 0.1) is 6.92 Å². The summed E-state index contributed by atoms with van der Waals surface area (Å²) < 4.78 is 0. The molecule has 2 saturated heterocycles. The Morgan fingerprint density at radius 2 is 1.92 bits per heavy atom. The van der Waals surface area contributed by atoms with Crippen molar-refractivity contribution in [3.05, 3.63) is 17.6 Å². The number of likely N-dealkylation sites (N-methyl/N-ethyl adjacent to an activating group) is 1. The van der Waals surface area contributed by atoms with Crippen molar-refractivity contribution in [1.29, 1.82) is 0 Å². The van der Waals surface area contributed by atoms with E-state index in [0.29, 0.717) is 17.6 Å². The molecule has 0 spiro atoms.